The van der Waals surface area contributed by atoms with Gasteiger partial charge in [0.25, 0.3) is 5.91 Å². The van der Waals surface area contributed by atoms with Crippen molar-refractivity contribution in [1.29, 1.82) is 0 Å². The maximum atomic E-state index is 12.0. The van der Waals surface area contributed by atoms with Gasteiger partial charge < -0.3 is 11.1 Å². The molecule has 0 atom stereocenters. The monoisotopic (exact) mass is 319 g/mol. The molecule has 0 unspecified atom stereocenters. The molecule has 21 heavy (non-hydrogen) atoms. The Hall–Kier alpha value is -1.87. The van der Waals surface area contributed by atoms with Gasteiger partial charge in [0.2, 0.25) is 0 Å². The summed E-state index contributed by atoms with van der Waals surface area (Å²) in [4.78, 5) is 16.2. The van der Waals surface area contributed by atoms with E-state index < -0.39 is 0 Å². The van der Waals surface area contributed by atoms with Crippen LogP contribution < -0.4 is 11.1 Å². The largest absolute Gasteiger partial charge is 0.352 e. The molecule has 2 aromatic rings. The second-order valence-corrected chi connectivity index (χ2v) is 5.52. The number of thiazole rings is 1. The first-order valence-corrected chi connectivity index (χ1v) is 7.61. The van der Waals surface area contributed by atoms with Crippen LogP contribution in [0.1, 0.15) is 20.9 Å². The summed E-state index contributed by atoms with van der Waals surface area (Å²) >= 11 is 7.67. The van der Waals surface area contributed by atoms with Gasteiger partial charge in [0, 0.05) is 35.7 Å². The third-order valence-corrected chi connectivity index (χ3v) is 3.82. The van der Waals surface area contributed by atoms with E-state index in [0.717, 1.165) is 11.4 Å². The van der Waals surface area contributed by atoms with Crippen molar-refractivity contribution in [2.75, 3.05) is 13.1 Å². The molecule has 4 nitrogen and oxygen atoms in total. The Bertz CT molecular complexity index is 674. The molecule has 108 valence electrons. The topological polar surface area (TPSA) is 68.0 Å². The Labute approximate surface area is 132 Å². The first-order valence-electron chi connectivity index (χ1n) is 6.36. The highest BCUT2D eigenvalue weighted by molar-refractivity contribution is 7.09. The summed E-state index contributed by atoms with van der Waals surface area (Å²) in [5, 5.41) is 6.20. The van der Waals surface area contributed by atoms with Gasteiger partial charge in [-0.1, -0.05) is 23.4 Å². The fourth-order valence-corrected chi connectivity index (χ4v) is 2.51. The number of carbonyl (C=O) groups excluding carboxylic acids is 1. The Morgan fingerprint density at radius 2 is 2.33 bits per heavy atom. The number of nitrogens with one attached hydrogen (secondary N) is 1. The molecule has 0 radical (unpaired) electrons. The number of nitrogens with zero attached hydrogens (tertiary/aromatic N) is 1. The van der Waals surface area contributed by atoms with Gasteiger partial charge in [-0.15, -0.1) is 11.3 Å². The lowest BCUT2D eigenvalue weighted by atomic mass is 10.1. The zero-order valence-corrected chi connectivity index (χ0v) is 12.8. The molecule has 0 bridgehead atoms. The Morgan fingerprint density at radius 1 is 1.48 bits per heavy atom. The van der Waals surface area contributed by atoms with Crippen molar-refractivity contribution >= 4 is 28.8 Å². The molecule has 0 saturated carbocycles. The number of nitrogens with two attached hydrogens (primary N) is 1. The van der Waals surface area contributed by atoms with E-state index in [9.17, 15) is 4.79 Å². The number of aromatic nitrogens is 1. The molecule has 2 rings (SSSR count). The Morgan fingerprint density at radius 3 is 3.00 bits per heavy atom. The van der Waals surface area contributed by atoms with E-state index in [2.05, 4.69) is 22.1 Å². The molecular weight excluding hydrogens is 306 g/mol. The average Bonchev–Trinajstić information content (AvgIpc) is 2.99. The average molecular weight is 320 g/mol. The van der Waals surface area contributed by atoms with Crippen LogP contribution >= 0.6 is 22.9 Å². The zero-order valence-electron chi connectivity index (χ0n) is 11.2. The Balaban J connectivity index is 1.94. The molecule has 0 spiro atoms. The molecule has 0 saturated heterocycles. The van der Waals surface area contributed by atoms with Gasteiger partial charge in [0.15, 0.2) is 0 Å². The van der Waals surface area contributed by atoms with Crippen LogP contribution in [0.4, 0.5) is 0 Å². The zero-order chi connectivity index (χ0) is 15.1. The molecule has 3 N–H and O–H groups in total. The molecule has 1 aromatic carbocycles. The van der Waals surface area contributed by atoms with Gasteiger partial charge in [0.1, 0.15) is 0 Å². The van der Waals surface area contributed by atoms with E-state index in [1.165, 1.54) is 0 Å². The summed E-state index contributed by atoms with van der Waals surface area (Å²) in [6.07, 6.45) is 2.47. The van der Waals surface area contributed by atoms with Crippen molar-refractivity contribution in [2.24, 2.45) is 5.73 Å². The highest BCUT2D eigenvalue weighted by Crippen LogP contribution is 2.17. The molecule has 1 amide bonds. The summed E-state index contributed by atoms with van der Waals surface area (Å²) in [5.74, 6) is 5.43. The van der Waals surface area contributed by atoms with Crippen molar-refractivity contribution in [3.05, 3.63) is 50.9 Å². The Kier molecular flexibility index (Phi) is 5.76. The predicted molar refractivity (Wildman–Crippen MR) is 85.5 cm³/mol. The van der Waals surface area contributed by atoms with Crippen molar-refractivity contribution in [2.45, 2.75) is 6.42 Å². The summed E-state index contributed by atoms with van der Waals surface area (Å²) in [6, 6.07) is 5.03. The van der Waals surface area contributed by atoms with Gasteiger partial charge in [-0.25, -0.2) is 4.98 Å². The lowest BCUT2D eigenvalue weighted by Gasteiger charge is -2.05. The van der Waals surface area contributed by atoms with Crippen LogP contribution in [0, 0.1) is 11.8 Å². The van der Waals surface area contributed by atoms with Crippen molar-refractivity contribution in [3.8, 4) is 11.8 Å². The number of hydrogen-bond donors (Lipinski definition) is 2. The van der Waals surface area contributed by atoms with Crippen molar-refractivity contribution in [1.82, 2.24) is 10.3 Å². The van der Waals surface area contributed by atoms with Gasteiger partial charge in [-0.2, -0.15) is 0 Å². The normalized spacial score (nSPS) is 9.81. The molecule has 0 fully saturated rings. The van der Waals surface area contributed by atoms with Crippen LogP contribution in [0.2, 0.25) is 5.02 Å². The number of rotatable bonds is 4. The van der Waals surface area contributed by atoms with Crippen LogP contribution in [0.15, 0.2) is 29.8 Å². The van der Waals surface area contributed by atoms with Gasteiger partial charge in [0.05, 0.1) is 16.6 Å². The summed E-state index contributed by atoms with van der Waals surface area (Å²) < 4.78 is 0. The quantitative estimate of drug-likeness (QED) is 0.848. The maximum Gasteiger partial charge on any atom is 0.251 e. The fourth-order valence-electron chi connectivity index (χ4n) is 1.67. The SMILES string of the molecule is NCC#Cc1ccc(C(=O)NCCc2nccs2)cc1Cl. The minimum atomic E-state index is -0.160. The highest BCUT2D eigenvalue weighted by atomic mass is 35.5. The van der Waals surface area contributed by atoms with E-state index in [1.807, 2.05) is 5.38 Å². The molecule has 1 aromatic heterocycles. The van der Waals surface area contributed by atoms with Crippen LogP contribution in [0.5, 0.6) is 0 Å². The number of halogens is 1. The van der Waals surface area contributed by atoms with E-state index in [0.29, 0.717) is 22.7 Å². The smallest absolute Gasteiger partial charge is 0.251 e. The summed E-state index contributed by atoms with van der Waals surface area (Å²) in [5.41, 5.74) is 6.49. The molecule has 0 aliphatic rings. The van der Waals surface area contributed by atoms with E-state index in [4.69, 9.17) is 17.3 Å². The highest BCUT2D eigenvalue weighted by Gasteiger charge is 2.08. The van der Waals surface area contributed by atoms with Crippen LogP contribution in [-0.2, 0) is 6.42 Å². The molecule has 0 aliphatic carbocycles. The maximum absolute atomic E-state index is 12.0. The molecule has 1 heterocycles. The van der Waals surface area contributed by atoms with Crippen molar-refractivity contribution in [3.63, 3.8) is 0 Å². The third kappa shape index (κ3) is 4.57. The van der Waals surface area contributed by atoms with Crippen LogP contribution in [0.3, 0.4) is 0 Å². The molecule has 6 heteroatoms. The summed E-state index contributed by atoms with van der Waals surface area (Å²) in [6.45, 7) is 0.814. The van der Waals surface area contributed by atoms with E-state index in [1.54, 1.807) is 35.7 Å². The number of carbonyl (C=O) groups is 1. The van der Waals surface area contributed by atoms with E-state index in [-0.39, 0.29) is 12.5 Å². The first kappa shape index (κ1) is 15.5. The minimum Gasteiger partial charge on any atom is -0.352 e. The summed E-state index contributed by atoms with van der Waals surface area (Å²) in [7, 11) is 0. The van der Waals surface area contributed by atoms with E-state index >= 15 is 0 Å². The van der Waals surface area contributed by atoms with Crippen LogP contribution in [-0.4, -0.2) is 24.0 Å². The number of amides is 1. The minimum absolute atomic E-state index is 0.160. The standard InChI is InChI=1S/C15H14ClN3OS/c16-13-10-12(4-3-11(13)2-1-6-17)15(20)19-7-5-14-18-8-9-21-14/h3-4,8-10H,5-7,17H2,(H,19,20). The van der Waals surface area contributed by atoms with Crippen LogP contribution in [0.25, 0.3) is 0 Å². The fraction of sp³-hybridized carbons (Fsp3) is 0.200. The predicted octanol–water partition coefficient (Wildman–Crippen LogP) is 2.08. The lowest BCUT2D eigenvalue weighted by Crippen LogP contribution is -2.25. The lowest BCUT2D eigenvalue weighted by molar-refractivity contribution is 0.0954. The second kappa shape index (κ2) is 7.79. The molecule has 0 aliphatic heterocycles. The van der Waals surface area contributed by atoms with Crippen molar-refractivity contribution < 1.29 is 4.79 Å². The van der Waals surface area contributed by atoms with Gasteiger partial charge in [-0.3, -0.25) is 4.79 Å². The second-order valence-electron chi connectivity index (χ2n) is 4.13. The molecular formula is C15H14ClN3OS. The van der Waals surface area contributed by atoms with Gasteiger partial charge in [-0.05, 0) is 18.2 Å². The third-order valence-electron chi connectivity index (χ3n) is 2.66. The van der Waals surface area contributed by atoms with Gasteiger partial charge >= 0.3 is 0 Å². The number of hydrogen-bond acceptors (Lipinski definition) is 4. The number of benzene rings is 1. The first-order chi connectivity index (χ1) is 10.2.